The average Bonchev–Trinajstić information content (AvgIpc) is 2.83. The van der Waals surface area contributed by atoms with E-state index >= 15 is 0 Å². The number of halogens is 1. The lowest BCUT2D eigenvalue weighted by atomic mass is 10.2. The highest BCUT2D eigenvalue weighted by atomic mass is 79.9. The summed E-state index contributed by atoms with van der Waals surface area (Å²) in [7, 11) is 1.57. The molecular weight excluding hydrogens is 312 g/mol. The Bertz CT molecular complexity index is 413. The fraction of sp³-hybridized carbons (Fsp3) is 0.538. The molecule has 106 valence electrons. The smallest absolute Gasteiger partial charge is 0.122 e. The largest absolute Gasteiger partial charge is 0.395 e. The van der Waals surface area contributed by atoms with E-state index in [4.69, 9.17) is 9.94 Å². The summed E-state index contributed by atoms with van der Waals surface area (Å²) >= 11 is 3.32. The van der Waals surface area contributed by atoms with Crippen molar-refractivity contribution in [3.05, 3.63) is 28.5 Å². The van der Waals surface area contributed by atoms with Crippen LogP contribution in [-0.2, 0) is 9.57 Å². The average molecular weight is 331 g/mol. The second-order valence-electron chi connectivity index (χ2n) is 4.73. The summed E-state index contributed by atoms with van der Waals surface area (Å²) in [6.07, 6.45) is 2.62. The fourth-order valence-corrected chi connectivity index (χ4v) is 1.62. The van der Waals surface area contributed by atoms with Crippen molar-refractivity contribution in [3.63, 3.8) is 0 Å². The van der Waals surface area contributed by atoms with Gasteiger partial charge in [-0.2, -0.15) is 0 Å². The third-order valence-electron chi connectivity index (χ3n) is 2.13. The molecule has 0 aromatic carbocycles. The Morgan fingerprint density at radius 3 is 2.58 bits per heavy atom. The molecule has 0 bridgehead atoms. The number of nitrogens with zero attached hydrogens (tertiary/aromatic N) is 2. The predicted octanol–water partition coefficient (Wildman–Crippen LogP) is 2.37. The van der Waals surface area contributed by atoms with Gasteiger partial charge in [-0.15, -0.1) is 0 Å². The first-order chi connectivity index (χ1) is 8.92. The minimum absolute atomic E-state index is 0.396. The Morgan fingerprint density at radius 1 is 1.47 bits per heavy atom. The van der Waals surface area contributed by atoms with Crippen LogP contribution in [0.25, 0.3) is 0 Å². The van der Waals surface area contributed by atoms with E-state index in [0.29, 0.717) is 13.2 Å². The molecule has 6 heteroatoms. The highest BCUT2D eigenvalue weighted by molar-refractivity contribution is 9.10. The van der Waals surface area contributed by atoms with Gasteiger partial charge in [-0.1, -0.05) is 5.16 Å². The van der Waals surface area contributed by atoms with Gasteiger partial charge in [0.25, 0.3) is 0 Å². The fourth-order valence-electron chi connectivity index (χ4n) is 1.39. The number of pyridine rings is 1. The van der Waals surface area contributed by atoms with Crippen molar-refractivity contribution in [1.82, 2.24) is 4.98 Å². The summed E-state index contributed by atoms with van der Waals surface area (Å²) < 4.78 is 5.63. The van der Waals surface area contributed by atoms with Crippen LogP contribution in [0.4, 0.5) is 0 Å². The Kier molecular flexibility index (Phi) is 6.41. The molecule has 1 aromatic rings. The van der Waals surface area contributed by atoms with Gasteiger partial charge in [0, 0.05) is 24.2 Å². The molecule has 1 aliphatic rings. The van der Waals surface area contributed by atoms with Gasteiger partial charge in [-0.3, -0.25) is 4.98 Å². The summed E-state index contributed by atoms with van der Waals surface area (Å²) in [6, 6.07) is 3.88. The molecule has 1 aromatic heterocycles. The zero-order valence-corrected chi connectivity index (χ0v) is 13.0. The normalized spacial score (nSPS) is 14.3. The first-order valence-electron chi connectivity index (χ1n) is 5.94. The SMILES string of the molecule is Brc1ccc(C2=NOCC2)nc1.COCC(C)(C)O. The third-order valence-corrected chi connectivity index (χ3v) is 2.59. The molecule has 0 spiro atoms. The molecule has 5 nitrogen and oxygen atoms in total. The minimum Gasteiger partial charge on any atom is -0.395 e. The van der Waals surface area contributed by atoms with Crippen LogP contribution in [0.5, 0.6) is 0 Å². The van der Waals surface area contributed by atoms with Crippen molar-refractivity contribution in [3.8, 4) is 0 Å². The summed E-state index contributed by atoms with van der Waals surface area (Å²) in [4.78, 5) is 9.08. The van der Waals surface area contributed by atoms with Crippen LogP contribution < -0.4 is 0 Å². The maximum atomic E-state index is 8.89. The van der Waals surface area contributed by atoms with E-state index in [9.17, 15) is 0 Å². The lowest BCUT2D eigenvalue weighted by Gasteiger charge is -2.13. The van der Waals surface area contributed by atoms with Gasteiger partial charge in [0.1, 0.15) is 12.3 Å². The van der Waals surface area contributed by atoms with Crippen molar-refractivity contribution < 1.29 is 14.7 Å². The monoisotopic (exact) mass is 330 g/mol. The van der Waals surface area contributed by atoms with Crippen LogP contribution in [0.3, 0.4) is 0 Å². The molecule has 1 aliphatic heterocycles. The molecule has 2 rings (SSSR count). The number of aromatic nitrogens is 1. The van der Waals surface area contributed by atoms with Gasteiger partial charge in [-0.25, -0.2) is 0 Å². The highest BCUT2D eigenvalue weighted by Crippen LogP contribution is 2.11. The van der Waals surface area contributed by atoms with Crippen LogP contribution in [0, 0.1) is 0 Å². The maximum absolute atomic E-state index is 8.89. The molecule has 0 radical (unpaired) electrons. The number of rotatable bonds is 3. The first kappa shape index (κ1) is 16.1. The molecule has 19 heavy (non-hydrogen) atoms. The van der Waals surface area contributed by atoms with E-state index in [1.54, 1.807) is 27.2 Å². The van der Waals surface area contributed by atoms with Crippen LogP contribution in [0.1, 0.15) is 26.0 Å². The van der Waals surface area contributed by atoms with E-state index < -0.39 is 5.60 Å². The number of methoxy groups -OCH3 is 1. The zero-order valence-electron chi connectivity index (χ0n) is 11.4. The van der Waals surface area contributed by atoms with Crippen LogP contribution in [-0.4, -0.2) is 41.7 Å². The molecule has 0 atom stereocenters. The first-order valence-corrected chi connectivity index (χ1v) is 6.74. The molecule has 2 heterocycles. The summed E-state index contributed by atoms with van der Waals surface area (Å²) in [5.41, 5.74) is 1.16. The van der Waals surface area contributed by atoms with Gasteiger partial charge in [0.15, 0.2) is 0 Å². The van der Waals surface area contributed by atoms with Gasteiger partial charge in [0.2, 0.25) is 0 Å². The lowest BCUT2D eigenvalue weighted by molar-refractivity contribution is -0.00196. The number of hydrogen-bond acceptors (Lipinski definition) is 5. The number of hydrogen-bond donors (Lipinski definition) is 1. The van der Waals surface area contributed by atoms with E-state index in [2.05, 4.69) is 30.8 Å². The number of oxime groups is 1. The molecule has 1 N–H and O–H groups in total. The van der Waals surface area contributed by atoms with Crippen molar-refractivity contribution in [2.24, 2.45) is 5.16 Å². The van der Waals surface area contributed by atoms with Crippen LogP contribution >= 0.6 is 15.9 Å². The summed E-state index contributed by atoms with van der Waals surface area (Å²) in [6.45, 7) is 4.48. The third kappa shape index (κ3) is 6.66. The molecule has 0 saturated heterocycles. The van der Waals surface area contributed by atoms with E-state index in [-0.39, 0.29) is 0 Å². The zero-order chi connectivity index (χ0) is 14.3. The predicted molar refractivity (Wildman–Crippen MR) is 77.2 cm³/mol. The topological polar surface area (TPSA) is 63.9 Å². The van der Waals surface area contributed by atoms with Gasteiger partial charge in [-0.05, 0) is 41.9 Å². The lowest BCUT2D eigenvalue weighted by Crippen LogP contribution is -2.24. The quantitative estimate of drug-likeness (QED) is 0.924. The second-order valence-corrected chi connectivity index (χ2v) is 5.64. The number of aliphatic hydroxyl groups is 1. The number of ether oxygens (including phenoxy) is 1. The standard InChI is InChI=1S/C8H7BrN2O.C5H12O2/c9-6-1-2-7(10-5-6)8-3-4-12-11-8;1-5(2,6)4-7-3/h1-2,5H,3-4H2;6H,4H2,1-3H3. The van der Waals surface area contributed by atoms with Crippen LogP contribution in [0.2, 0.25) is 0 Å². The van der Waals surface area contributed by atoms with Crippen molar-refractivity contribution in [2.75, 3.05) is 20.3 Å². The van der Waals surface area contributed by atoms with Gasteiger partial charge < -0.3 is 14.7 Å². The van der Waals surface area contributed by atoms with Gasteiger partial charge >= 0.3 is 0 Å². The minimum atomic E-state index is -0.672. The molecule has 0 amide bonds. The van der Waals surface area contributed by atoms with Crippen LogP contribution in [0.15, 0.2) is 28.0 Å². The van der Waals surface area contributed by atoms with Gasteiger partial charge in [0.05, 0.1) is 17.9 Å². The molecule has 0 fully saturated rings. The Balaban J connectivity index is 0.000000224. The molecule has 0 saturated carbocycles. The molecular formula is C13H19BrN2O3. The van der Waals surface area contributed by atoms with E-state index in [1.807, 2.05) is 12.1 Å². The Labute approximate surface area is 121 Å². The summed E-state index contributed by atoms with van der Waals surface area (Å²) in [5.74, 6) is 0. The molecule has 0 unspecified atom stereocenters. The van der Waals surface area contributed by atoms with E-state index in [1.165, 1.54) is 0 Å². The molecule has 0 aliphatic carbocycles. The van der Waals surface area contributed by atoms with Crippen molar-refractivity contribution >= 4 is 21.6 Å². The Morgan fingerprint density at radius 2 is 2.21 bits per heavy atom. The summed E-state index contributed by atoms with van der Waals surface area (Å²) in [5, 5.41) is 12.8. The van der Waals surface area contributed by atoms with E-state index in [0.717, 1.165) is 22.3 Å². The Hall–Kier alpha value is -0.980. The second kappa shape index (κ2) is 7.57. The highest BCUT2D eigenvalue weighted by Gasteiger charge is 2.11. The van der Waals surface area contributed by atoms with Crippen molar-refractivity contribution in [1.29, 1.82) is 0 Å². The maximum Gasteiger partial charge on any atom is 0.122 e. The van der Waals surface area contributed by atoms with Crippen molar-refractivity contribution in [2.45, 2.75) is 25.9 Å².